The summed E-state index contributed by atoms with van der Waals surface area (Å²) in [6.45, 7) is 0. The summed E-state index contributed by atoms with van der Waals surface area (Å²) in [4.78, 5) is 11.0. The number of hydrogen-bond donors (Lipinski definition) is 0. The van der Waals surface area contributed by atoms with Crippen LogP contribution in [0.4, 0.5) is 13.2 Å². The summed E-state index contributed by atoms with van der Waals surface area (Å²) >= 11 is 0. The van der Waals surface area contributed by atoms with Crippen molar-refractivity contribution in [2.45, 2.75) is 6.18 Å². The number of rotatable bonds is 4. The van der Waals surface area contributed by atoms with Crippen LogP contribution < -0.4 is 9.47 Å². The lowest BCUT2D eigenvalue weighted by Gasteiger charge is -2.13. The molecule has 4 nitrogen and oxygen atoms in total. The Labute approximate surface area is 129 Å². The van der Waals surface area contributed by atoms with Crippen molar-refractivity contribution in [3.63, 3.8) is 0 Å². The number of hydrogen-bond acceptors (Lipinski definition) is 4. The molecule has 0 N–H and O–H groups in total. The highest BCUT2D eigenvalue weighted by atomic mass is 19.4. The summed E-state index contributed by atoms with van der Waals surface area (Å²) in [6, 6.07) is 8.82. The van der Waals surface area contributed by atoms with Crippen LogP contribution in [0, 0.1) is 11.3 Å². The molecule has 0 heterocycles. The monoisotopic (exact) mass is 321 g/mol. The van der Waals surface area contributed by atoms with Crippen molar-refractivity contribution in [2.75, 3.05) is 7.11 Å². The molecule has 0 aliphatic heterocycles. The van der Waals surface area contributed by atoms with Gasteiger partial charge in [0.05, 0.1) is 29.9 Å². The van der Waals surface area contributed by atoms with Crippen molar-refractivity contribution in [3.05, 3.63) is 53.1 Å². The van der Waals surface area contributed by atoms with Crippen LogP contribution in [-0.4, -0.2) is 13.4 Å². The van der Waals surface area contributed by atoms with Gasteiger partial charge in [0.1, 0.15) is 5.75 Å². The third-order valence-corrected chi connectivity index (χ3v) is 2.98. The Hall–Kier alpha value is -3.01. The van der Waals surface area contributed by atoms with Gasteiger partial charge in [0, 0.05) is 6.07 Å². The summed E-state index contributed by atoms with van der Waals surface area (Å²) < 4.78 is 48.5. The Kier molecular flexibility index (Phi) is 4.55. The number of aldehydes is 1. The zero-order valence-electron chi connectivity index (χ0n) is 11.8. The molecule has 2 rings (SSSR count). The Morgan fingerprint density at radius 3 is 2.35 bits per heavy atom. The van der Waals surface area contributed by atoms with E-state index in [1.807, 2.05) is 6.07 Å². The van der Waals surface area contributed by atoms with E-state index in [0.29, 0.717) is 11.6 Å². The van der Waals surface area contributed by atoms with Crippen molar-refractivity contribution in [3.8, 4) is 23.3 Å². The first kappa shape index (κ1) is 16.4. The molecule has 23 heavy (non-hydrogen) atoms. The van der Waals surface area contributed by atoms with Crippen LogP contribution in [0.15, 0.2) is 36.4 Å². The minimum atomic E-state index is -4.55. The van der Waals surface area contributed by atoms with Crippen molar-refractivity contribution in [1.29, 1.82) is 5.26 Å². The van der Waals surface area contributed by atoms with Crippen LogP contribution in [0.1, 0.15) is 21.5 Å². The maximum absolute atomic E-state index is 12.7. The van der Waals surface area contributed by atoms with E-state index in [1.54, 1.807) is 0 Å². The van der Waals surface area contributed by atoms with Gasteiger partial charge in [-0.05, 0) is 30.3 Å². The van der Waals surface area contributed by atoms with E-state index < -0.39 is 11.7 Å². The van der Waals surface area contributed by atoms with Crippen LogP contribution in [0.5, 0.6) is 17.2 Å². The molecule has 118 valence electrons. The van der Waals surface area contributed by atoms with Crippen LogP contribution in [0.2, 0.25) is 0 Å². The van der Waals surface area contributed by atoms with Crippen LogP contribution in [0.25, 0.3) is 0 Å². The number of alkyl halides is 3. The van der Waals surface area contributed by atoms with E-state index >= 15 is 0 Å². The lowest BCUT2D eigenvalue weighted by Crippen LogP contribution is -2.06. The second kappa shape index (κ2) is 6.40. The van der Waals surface area contributed by atoms with E-state index in [2.05, 4.69) is 0 Å². The van der Waals surface area contributed by atoms with Crippen LogP contribution in [-0.2, 0) is 6.18 Å². The molecule has 0 aliphatic carbocycles. The highest BCUT2D eigenvalue weighted by molar-refractivity contribution is 5.80. The first-order valence-electron chi connectivity index (χ1n) is 6.31. The number of carbonyl (C=O) groups is 1. The molecule has 0 fully saturated rings. The molecule has 0 saturated heterocycles. The van der Waals surface area contributed by atoms with Gasteiger partial charge < -0.3 is 9.47 Å². The van der Waals surface area contributed by atoms with Gasteiger partial charge in [0.2, 0.25) is 0 Å². The number of ether oxygens (including phenoxy) is 2. The Bertz CT molecular complexity index is 779. The molecule has 0 spiro atoms. The summed E-state index contributed by atoms with van der Waals surface area (Å²) in [7, 11) is 1.36. The molecule has 0 aliphatic rings. The molecule has 2 aromatic carbocycles. The molecule has 0 radical (unpaired) electrons. The summed E-state index contributed by atoms with van der Waals surface area (Å²) in [5.74, 6) is 0.353. The van der Waals surface area contributed by atoms with E-state index in [4.69, 9.17) is 14.7 Å². The third kappa shape index (κ3) is 3.61. The molecule has 7 heteroatoms. The lowest BCUT2D eigenvalue weighted by atomic mass is 10.1. The average molecular weight is 321 g/mol. The SMILES string of the molecule is COc1cc(C#N)ccc1Oc1ccc(C(F)(F)F)cc1C=O. The molecule has 0 amide bonds. The Morgan fingerprint density at radius 1 is 1.09 bits per heavy atom. The zero-order chi connectivity index (χ0) is 17.0. The van der Waals surface area contributed by atoms with Crippen molar-refractivity contribution < 1.29 is 27.4 Å². The molecule has 0 aromatic heterocycles. The molecule has 0 atom stereocenters. The summed E-state index contributed by atoms with van der Waals surface area (Å²) in [6.07, 6.45) is -4.27. The Morgan fingerprint density at radius 2 is 1.78 bits per heavy atom. The second-order valence-electron chi connectivity index (χ2n) is 4.45. The highest BCUT2D eigenvalue weighted by Crippen LogP contribution is 2.36. The number of carbonyl (C=O) groups excluding carboxylic acids is 1. The largest absolute Gasteiger partial charge is 0.493 e. The minimum Gasteiger partial charge on any atom is -0.493 e. The quantitative estimate of drug-likeness (QED) is 0.792. The van der Waals surface area contributed by atoms with E-state index in [0.717, 1.165) is 12.1 Å². The van der Waals surface area contributed by atoms with Crippen molar-refractivity contribution in [1.82, 2.24) is 0 Å². The average Bonchev–Trinajstić information content (AvgIpc) is 2.54. The molecule has 0 unspecified atom stereocenters. The maximum Gasteiger partial charge on any atom is 0.416 e. The lowest BCUT2D eigenvalue weighted by molar-refractivity contribution is -0.137. The predicted octanol–water partition coefficient (Wildman–Crippen LogP) is 4.19. The van der Waals surface area contributed by atoms with Gasteiger partial charge in [-0.25, -0.2) is 0 Å². The van der Waals surface area contributed by atoms with Crippen LogP contribution >= 0.6 is 0 Å². The fourth-order valence-electron chi connectivity index (χ4n) is 1.85. The number of nitriles is 1. The fraction of sp³-hybridized carbons (Fsp3) is 0.125. The third-order valence-electron chi connectivity index (χ3n) is 2.98. The van der Waals surface area contributed by atoms with Gasteiger partial charge in [-0.3, -0.25) is 4.79 Å². The minimum absolute atomic E-state index is 0.0454. The van der Waals surface area contributed by atoms with Crippen LogP contribution in [0.3, 0.4) is 0 Å². The Balaban J connectivity index is 2.41. The molecule has 0 bridgehead atoms. The van der Waals surface area contributed by atoms with E-state index in [1.165, 1.54) is 25.3 Å². The maximum atomic E-state index is 12.7. The topological polar surface area (TPSA) is 59.3 Å². The predicted molar refractivity (Wildman–Crippen MR) is 74.6 cm³/mol. The number of methoxy groups -OCH3 is 1. The first-order chi connectivity index (χ1) is 10.9. The molecular formula is C16H10F3NO3. The highest BCUT2D eigenvalue weighted by Gasteiger charge is 2.31. The molecule has 0 saturated carbocycles. The second-order valence-corrected chi connectivity index (χ2v) is 4.45. The standard InChI is InChI=1S/C16H10F3NO3/c1-22-15-6-10(8-20)2-4-14(15)23-13-5-3-12(16(17,18)19)7-11(13)9-21/h2-7,9H,1H3. The number of nitrogens with zero attached hydrogens (tertiary/aromatic N) is 1. The van der Waals surface area contributed by atoms with Crippen molar-refractivity contribution >= 4 is 6.29 Å². The van der Waals surface area contributed by atoms with Crippen molar-refractivity contribution in [2.24, 2.45) is 0 Å². The number of benzene rings is 2. The smallest absolute Gasteiger partial charge is 0.416 e. The van der Waals surface area contributed by atoms with E-state index in [-0.39, 0.29) is 29.1 Å². The van der Waals surface area contributed by atoms with Gasteiger partial charge >= 0.3 is 6.18 Å². The van der Waals surface area contributed by atoms with E-state index in [9.17, 15) is 18.0 Å². The zero-order valence-corrected chi connectivity index (χ0v) is 11.8. The first-order valence-corrected chi connectivity index (χ1v) is 6.31. The van der Waals surface area contributed by atoms with Gasteiger partial charge in [0.15, 0.2) is 17.8 Å². The molecular weight excluding hydrogens is 311 g/mol. The normalized spacial score (nSPS) is 10.7. The summed E-state index contributed by atoms with van der Waals surface area (Å²) in [5.41, 5.74) is -0.859. The van der Waals surface area contributed by atoms with Gasteiger partial charge in [0.25, 0.3) is 0 Å². The number of halogens is 3. The fourth-order valence-corrected chi connectivity index (χ4v) is 1.85. The van der Waals surface area contributed by atoms with Gasteiger partial charge in [-0.15, -0.1) is 0 Å². The van der Waals surface area contributed by atoms with Gasteiger partial charge in [-0.2, -0.15) is 18.4 Å². The molecule has 2 aromatic rings. The van der Waals surface area contributed by atoms with Gasteiger partial charge in [-0.1, -0.05) is 0 Å². The summed E-state index contributed by atoms with van der Waals surface area (Å²) in [5, 5.41) is 8.83.